The van der Waals surface area contributed by atoms with E-state index in [1.54, 1.807) is 17.9 Å². The molecule has 0 radical (unpaired) electrons. The van der Waals surface area contributed by atoms with E-state index in [-0.39, 0.29) is 11.8 Å². The zero-order valence-corrected chi connectivity index (χ0v) is 14.5. The molecule has 1 aliphatic heterocycles. The van der Waals surface area contributed by atoms with Crippen LogP contribution in [0.2, 0.25) is 0 Å². The predicted octanol–water partition coefficient (Wildman–Crippen LogP) is 2.71. The standard InChI is InChI=1S/C20H22N2O3/c1-14-4-3-5-18(12-14)25-11-9-21-20(24)17-6-7-19-16(13-17)8-10-22(19)15(2)23/h3-7,12-13H,8-11H2,1-2H3,(H,21,24). The van der Waals surface area contributed by atoms with E-state index in [9.17, 15) is 9.59 Å². The van der Waals surface area contributed by atoms with E-state index >= 15 is 0 Å². The van der Waals surface area contributed by atoms with E-state index in [1.165, 1.54) is 0 Å². The number of rotatable bonds is 5. The third kappa shape index (κ3) is 3.99. The van der Waals surface area contributed by atoms with Crippen molar-refractivity contribution in [1.82, 2.24) is 5.32 Å². The third-order valence-electron chi connectivity index (χ3n) is 4.26. The summed E-state index contributed by atoms with van der Waals surface area (Å²) in [6.45, 7) is 5.10. The van der Waals surface area contributed by atoms with Crippen molar-refractivity contribution in [2.75, 3.05) is 24.6 Å². The zero-order chi connectivity index (χ0) is 17.8. The van der Waals surface area contributed by atoms with E-state index in [0.717, 1.165) is 29.0 Å². The molecule has 5 heteroatoms. The van der Waals surface area contributed by atoms with Crippen LogP contribution in [-0.4, -0.2) is 31.5 Å². The summed E-state index contributed by atoms with van der Waals surface area (Å²) in [6.07, 6.45) is 0.784. The van der Waals surface area contributed by atoms with Crippen molar-refractivity contribution in [3.8, 4) is 5.75 Å². The van der Waals surface area contributed by atoms with Crippen molar-refractivity contribution < 1.29 is 14.3 Å². The van der Waals surface area contributed by atoms with Crippen molar-refractivity contribution in [1.29, 1.82) is 0 Å². The fraction of sp³-hybridized carbons (Fsp3) is 0.300. The lowest BCUT2D eigenvalue weighted by Crippen LogP contribution is -2.28. The van der Waals surface area contributed by atoms with Gasteiger partial charge in [0.05, 0.1) is 6.54 Å². The van der Waals surface area contributed by atoms with Crippen molar-refractivity contribution in [3.05, 3.63) is 59.2 Å². The molecule has 130 valence electrons. The molecular weight excluding hydrogens is 316 g/mol. The van der Waals surface area contributed by atoms with Gasteiger partial charge in [0.15, 0.2) is 0 Å². The number of aryl methyl sites for hydroxylation is 1. The number of carbonyl (C=O) groups is 2. The van der Waals surface area contributed by atoms with E-state index in [4.69, 9.17) is 4.74 Å². The van der Waals surface area contributed by atoms with Crippen LogP contribution in [0.15, 0.2) is 42.5 Å². The number of anilines is 1. The molecule has 0 saturated heterocycles. The second kappa shape index (κ2) is 7.38. The quantitative estimate of drug-likeness (QED) is 0.853. The molecule has 25 heavy (non-hydrogen) atoms. The second-order valence-corrected chi connectivity index (χ2v) is 6.19. The molecule has 3 rings (SSSR count). The monoisotopic (exact) mass is 338 g/mol. The number of nitrogens with zero attached hydrogens (tertiary/aromatic N) is 1. The minimum atomic E-state index is -0.128. The molecule has 1 heterocycles. The van der Waals surface area contributed by atoms with Gasteiger partial charge >= 0.3 is 0 Å². The Balaban J connectivity index is 1.53. The van der Waals surface area contributed by atoms with Gasteiger partial charge in [0, 0.05) is 24.7 Å². The predicted molar refractivity (Wildman–Crippen MR) is 97.2 cm³/mol. The Labute approximate surface area is 147 Å². The molecule has 0 fully saturated rings. The Morgan fingerprint density at radius 2 is 2.04 bits per heavy atom. The molecule has 2 aromatic carbocycles. The van der Waals surface area contributed by atoms with Crippen LogP contribution in [0.4, 0.5) is 5.69 Å². The van der Waals surface area contributed by atoms with Gasteiger partial charge < -0.3 is 15.0 Å². The molecule has 1 N–H and O–H groups in total. The van der Waals surface area contributed by atoms with Gasteiger partial charge in [0.1, 0.15) is 12.4 Å². The first-order chi connectivity index (χ1) is 12.0. The summed E-state index contributed by atoms with van der Waals surface area (Å²) in [5.74, 6) is 0.706. The average Bonchev–Trinajstić information content (AvgIpc) is 3.02. The molecule has 1 aliphatic rings. The van der Waals surface area contributed by atoms with E-state index in [0.29, 0.717) is 25.3 Å². The smallest absolute Gasteiger partial charge is 0.251 e. The van der Waals surface area contributed by atoms with Gasteiger partial charge in [-0.05, 0) is 54.8 Å². The van der Waals surface area contributed by atoms with Crippen LogP contribution in [0.5, 0.6) is 5.75 Å². The molecular formula is C20H22N2O3. The molecule has 2 aromatic rings. The van der Waals surface area contributed by atoms with Gasteiger partial charge in [-0.3, -0.25) is 9.59 Å². The number of ether oxygens (including phenoxy) is 1. The van der Waals surface area contributed by atoms with Crippen molar-refractivity contribution in [3.63, 3.8) is 0 Å². The van der Waals surface area contributed by atoms with Crippen LogP contribution < -0.4 is 15.0 Å². The Bertz CT molecular complexity index is 801. The number of hydrogen-bond donors (Lipinski definition) is 1. The van der Waals surface area contributed by atoms with Gasteiger partial charge in [0.2, 0.25) is 5.91 Å². The highest BCUT2D eigenvalue weighted by Gasteiger charge is 2.22. The number of benzene rings is 2. The molecule has 2 amide bonds. The second-order valence-electron chi connectivity index (χ2n) is 6.19. The van der Waals surface area contributed by atoms with Gasteiger partial charge in [0.25, 0.3) is 5.91 Å². The number of hydrogen-bond acceptors (Lipinski definition) is 3. The largest absolute Gasteiger partial charge is 0.492 e. The Morgan fingerprint density at radius 3 is 2.80 bits per heavy atom. The van der Waals surface area contributed by atoms with Gasteiger partial charge in [-0.1, -0.05) is 12.1 Å². The minimum Gasteiger partial charge on any atom is -0.492 e. The fourth-order valence-electron chi connectivity index (χ4n) is 3.01. The summed E-state index contributed by atoms with van der Waals surface area (Å²) in [5, 5.41) is 2.86. The molecule has 0 saturated carbocycles. The van der Waals surface area contributed by atoms with E-state index < -0.39 is 0 Å². The first kappa shape index (κ1) is 17.0. The van der Waals surface area contributed by atoms with Crippen LogP contribution in [-0.2, 0) is 11.2 Å². The molecule has 5 nitrogen and oxygen atoms in total. The average molecular weight is 338 g/mol. The number of fused-ring (bicyclic) bond motifs is 1. The van der Waals surface area contributed by atoms with Crippen LogP contribution in [0.1, 0.15) is 28.4 Å². The van der Waals surface area contributed by atoms with E-state index in [2.05, 4.69) is 5.32 Å². The molecule has 0 spiro atoms. The lowest BCUT2D eigenvalue weighted by atomic mass is 10.1. The third-order valence-corrected chi connectivity index (χ3v) is 4.26. The van der Waals surface area contributed by atoms with Crippen molar-refractivity contribution >= 4 is 17.5 Å². The first-order valence-electron chi connectivity index (χ1n) is 8.43. The minimum absolute atomic E-state index is 0.0317. The van der Waals surface area contributed by atoms with Gasteiger partial charge in [-0.15, -0.1) is 0 Å². The molecule has 0 aliphatic carbocycles. The number of amides is 2. The van der Waals surface area contributed by atoms with Crippen LogP contribution in [0.3, 0.4) is 0 Å². The summed E-state index contributed by atoms with van der Waals surface area (Å²) in [6, 6.07) is 13.3. The summed E-state index contributed by atoms with van der Waals surface area (Å²) >= 11 is 0. The summed E-state index contributed by atoms with van der Waals surface area (Å²) in [7, 11) is 0. The molecule has 0 unspecified atom stereocenters. The lowest BCUT2D eigenvalue weighted by molar-refractivity contribution is -0.116. The zero-order valence-electron chi connectivity index (χ0n) is 14.5. The Kier molecular flexibility index (Phi) is 5.03. The summed E-state index contributed by atoms with van der Waals surface area (Å²) in [4.78, 5) is 25.6. The Morgan fingerprint density at radius 1 is 1.20 bits per heavy atom. The lowest BCUT2D eigenvalue weighted by Gasteiger charge is -2.14. The van der Waals surface area contributed by atoms with Crippen LogP contribution in [0, 0.1) is 6.92 Å². The summed E-state index contributed by atoms with van der Waals surface area (Å²) in [5.41, 5.74) is 3.70. The van der Waals surface area contributed by atoms with Crippen LogP contribution in [0.25, 0.3) is 0 Å². The highest BCUT2D eigenvalue weighted by molar-refractivity contribution is 5.97. The fourth-order valence-corrected chi connectivity index (χ4v) is 3.01. The molecule has 0 atom stereocenters. The van der Waals surface area contributed by atoms with E-state index in [1.807, 2.05) is 43.3 Å². The highest BCUT2D eigenvalue weighted by atomic mass is 16.5. The number of carbonyl (C=O) groups excluding carboxylic acids is 2. The highest BCUT2D eigenvalue weighted by Crippen LogP contribution is 2.28. The Hall–Kier alpha value is -2.82. The van der Waals surface area contributed by atoms with Crippen molar-refractivity contribution in [2.24, 2.45) is 0 Å². The topological polar surface area (TPSA) is 58.6 Å². The summed E-state index contributed by atoms with van der Waals surface area (Å²) < 4.78 is 5.63. The maximum atomic E-state index is 12.3. The van der Waals surface area contributed by atoms with Gasteiger partial charge in [-0.2, -0.15) is 0 Å². The molecule has 0 bridgehead atoms. The molecule has 0 aromatic heterocycles. The maximum absolute atomic E-state index is 12.3. The number of nitrogens with one attached hydrogen (secondary N) is 1. The SMILES string of the molecule is CC(=O)N1CCc2cc(C(=O)NCCOc3cccc(C)c3)ccc21. The normalized spacial score (nSPS) is 12.6. The van der Waals surface area contributed by atoms with Crippen molar-refractivity contribution in [2.45, 2.75) is 20.3 Å². The van der Waals surface area contributed by atoms with Gasteiger partial charge in [-0.25, -0.2) is 0 Å². The maximum Gasteiger partial charge on any atom is 0.251 e. The van der Waals surface area contributed by atoms with Crippen LogP contribution >= 0.6 is 0 Å². The first-order valence-corrected chi connectivity index (χ1v) is 8.43.